The Bertz CT molecular complexity index is 1300. The lowest BCUT2D eigenvalue weighted by Gasteiger charge is -2.39. The van der Waals surface area contributed by atoms with Crippen LogP contribution in [0.5, 0.6) is 11.5 Å². The zero-order valence-electron chi connectivity index (χ0n) is 21.5. The first-order valence-electron chi connectivity index (χ1n) is 13.4. The molecule has 2 unspecified atom stereocenters. The third-order valence-electron chi connectivity index (χ3n) is 8.46. The minimum absolute atomic E-state index is 0.0556. The lowest BCUT2D eigenvalue weighted by molar-refractivity contribution is -0.129. The summed E-state index contributed by atoms with van der Waals surface area (Å²) >= 11 is 6.05. The number of ether oxygens (including phenoxy) is 1. The number of piperidine rings is 1. The van der Waals surface area contributed by atoms with E-state index in [4.69, 9.17) is 16.3 Å². The van der Waals surface area contributed by atoms with Crippen molar-refractivity contribution in [2.24, 2.45) is 0 Å². The molecular formula is C31H32ClN3O3. The highest BCUT2D eigenvalue weighted by atomic mass is 35.5. The molecule has 196 valence electrons. The van der Waals surface area contributed by atoms with Gasteiger partial charge in [0.15, 0.2) is 0 Å². The van der Waals surface area contributed by atoms with Gasteiger partial charge in [-0.15, -0.1) is 0 Å². The number of nitrogens with one attached hydrogen (secondary N) is 2. The smallest absolute Gasteiger partial charge is 0.239 e. The summed E-state index contributed by atoms with van der Waals surface area (Å²) in [5, 5.41) is 6.87. The molecular weight excluding hydrogens is 498 g/mol. The molecule has 6 nitrogen and oxygen atoms in total. The Labute approximate surface area is 228 Å². The van der Waals surface area contributed by atoms with E-state index in [1.807, 2.05) is 67.6 Å². The molecule has 3 aromatic rings. The zero-order chi connectivity index (χ0) is 26.3. The fraction of sp³-hybridized carbons (Fsp3) is 0.355. The molecule has 2 N–H and O–H groups in total. The van der Waals surface area contributed by atoms with E-state index in [0.29, 0.717) is 23.6 Å². The van der Waals surface area contributed by atoms with Crippen LogP contribution in [-0.4, -0.2) is 41.4 Å². The van der Waals surface area contributed by atoms with Gasteiger partial charge in [-0.25, -0.2) is 0 Å². The molecule has 0 saturated carbocycles. The summed E-state index contributed by atoms with van der Waals surface area (Å²) in [5.74, 6) is 0.961. The van der Waals surface area contributed by atoms with Crippen molar-refractivity contribution in [3.63, 3.8) is 0 Å². The van der Waals surface area contributed by atoms with Crippen LogP contribution in [0.2, 0.25) is 5.02 Å². The van der Waals surface area contributed by atoms with Crippen LogP contribution >= 0.6 is 11.6 Å². The van der Waals surface area contributed by atoms with Gasteiger partial charge < -0.3 is 15.4 Å². The van der Waals surface area contributed by atoms with Crippen LogP contribution in [0.3, 0.4) is 0 Å². The highest BCUT2D eigenvalue weighted by Crippen LogP contribution is 2.47. The molecule has 2 bridgehead atoms. The molecule has 2 atom stereocenters. The van der Waals surface area contributed by atoms with Crippen molar-refractivity contribution in [2.75, 3.05) is 6.54 Å². The number of fused-ring (bicyclic) bond motifs is 4. The fourth-order valence-electron chi connectivity index (χ4n) is 6.51. The Morgan fingerprint density at radius 2 is 1.50 bits per heavy atom. The summed E-state index contributed by atoms with van der Waals surface area (Å²) in [5.41, 5.74) is 1.89. The molecule has 6 rings (SSSR count). The average Bonchev–Trinajstić information content (AvgIpc) is 3.15. The first kappa shape index (κ1) is 25.0. The molecule has 3 aromatic carbocycles. The number of hydrogen-bond donors (Lipinski definition) is 2. The molecule has 2 saturated heterocycles. The van der Waals surface area contributed by atoms with Crippen LogP contribution < -0.4 is 15.4 Å². The van der Waals surface area contributed by atoms with E-state index >= 15 is 0 Å². The van der Waals surface area contributed by atoms with Crippen molar-refractivity contribution in [3.8, 4) is 11.5 Å². The Hall–Kier alpha value is -3.35. The number of halogens is 1. The van der Waals surface area contributed by atoms with Crippen molar-refractivity contribution >= 4 is 23.4 Å². The first-order valence-corrected chi connectivity index (χ1v) is 13.7. The predicted molar refractivity (Wildman–Crippen MR) is 147 cm³/mol. The third-order valence-corrected chi connectivity index (χ3v) is 8.71. The predicted octanol–water partition coefficient (Wildman–Crippen LogP) is 5.18. The molecule has 0 aliphatic carbocycles. The molecule has 0 aromatic heterocycles. The van der Waals surface area contributed by atoms with Gasteiger partial charge in [-0.2, -0.15) is 0 Å². The van der Waals surface area contributed by atoms with E-state index in [0.717, 1.165) is 48.4 Å². The highest BCUT2D eigenvalue weighted by molar-refractivity contribution is 6.30. The largest absolute Gasteiger partial charge is 0.457 e. The van der Waals surface area contributed by atoms with E-state index in [-0.39, 0.29) is 24.4 Å². The molecule has 3 aliphatic heterocycles. The van der Waals surface area contributed by atoms with Gasteiger partial charge in [-0.3, -0.25) is 14.5 Å². The molecule has 3 aliphatic rings. The summed E-state index contributed by atoms with van der Waals surface area (Å²) in [6, 6.07) is 24.3. The van der Waals surface area contributed by atoms with Gasteiger partial charge in [0.25, 0.3) is 0 Å². The molecule has 0 spiro atoms. The van der Waals surface area contributed by atoms with Crippen LogP contribution in [-0.2, 0) is 21.5 Å². The number of rotatable bonds is 6. The molecule has 2 fully saturated rings. The van der Waals surface area contributed by atoms with Crippen molar-refractivity contribution in [2.45, 2.75) is 62.7 Å². The maximum atomic E-state index is 13.6. The maximum absolute atomic E-state index is 13.6. The molecule has 38 heavy (non-hydrogen) atoms. The van der Waals surface area contributed by atoms with Crippen LogP contribution in [0.1, 0.15) is 49.3 Å². The molecule has 3 heterocycles. The van der Waals surface area contributed by atoms with Gasteiger partial charge >= 0.3 is 0 Å². The summed E-state index contributed by atoms with van der Waals surface area (Å²) in [4.78, 5) is 29.2. The average molecular weight is 530 g/mol. The van der Waals surface area contributed by atoms with Gasteiger partial charge in [-0.1, -0.05) is 60.1 Å². The van der Waals surface area contributed by atoms with Gasteiger partial charge in [-0.05, 0) is 62.4 Å². The Balaban J connectivity index is 1.08. The highest BCUT2D eigenvalue weighted by Gasteiger charge is 2.45. The van der Waals surface area contributed by atoms with Crippen LogP contribution in [0, 0.1) is 0 Å². The summed E-state index contributed by atoms with van der Waals surface area (Å²) in [6.07, 6.45) is 4.17. The monoisotopic (exact) mass is 529 g/mol. The molecule has 0 radical (unpaired) electrons. The lowest BCUT2D eigenvalue weighted by Crippen LogP contribution is -2.52. The topological polar surface area (TPSA) is 70.7 Å². The Morgan fingerprint density at radius 1 is 0.921 bits per heavy atom. The summed E-state index contributed by atoms with van der Waals surface area (Å²) < 4.78 is 6.06. The second-order valence-electron chi connectivity index (χ2n) is 10.8. The standard InChI is InChI=1S/C31H32ClN3O3/c1-31(25-6-2-4-8-27(25)38-28-9-5-3-7-26(28)31)30(37)33-18-29(36)34-22-16-23-14-15-24(17-22)35(23)19-20-10-12-21(32)13-11-20/h2-13,22-24H,14-19H2,1H3,(H,33,37)(H,34,36). The summed E-state index contributed by atoms with van der Waals surface area (Å²) in [6.45, 7) is 2.75. The number of nitrogens with zero attached hydrogens (tertiary/aromatic N) is 1. The third kappa shape index (κ3) is 4.56. The number of para-hydroxylation sites is 2. The van der Waals surface area contributed by atoms with E-state index in [2.05, 4.69) is 27.7 Å². The Kier molecular flexibility index (Phi) is 6.62. The first-order chi connectivity index (χ1) is 18.4. The lowest BCUT2D eigenvalue weighted by atomic mass is 9.73. The van der Waals surface area contributed by atoms with Crippen LogP contribution in [0.4, 0.5) is 0 Å². The number of hydrogen-bond acceptors (Lipinski definition) is 4. The van der Waals surface area contributed by atoms with Crippen molar-refractivity contribution in [3.05, 3.63) is 94.5 Å². The number of amides is 2. The van der Waals surface area contributed by atoms with Crippen molar-refractivity contribution in [1.29, 1.82) is 0 Å². The van der Waals surface area contributed by atoms with Crippen LogP contribution in [0.25, 0.3) is 0 Å². The van der Waals surface area contributed by atoms with Gasteiger partial charge in [0.1, 0.15) is 16.9 Å². The van der Waals surface area contributed by atoms with E-state index < -0.39 is 5.41 Å². The SMILES string of the molecule is CC1(C(=O)NCC(=O)NC2CC3CCC(C2)N3Cc2ccc(Cl)cc2)c2ccccc2Oc2ccccc21. The van der Waals surface area contributed by atoms with Gasteiger partial charge in [0.05, 0.1) is 6.54 Å². The van der Waals surface area contributed by atoms with E-state index in [9.17, 15) is 9.59 Å². The van der Waals surface area contributed by atoms with E-state index in [1.54, 1.807) is 0 Å². The zero-order valence-corrected chi connectivity index (χ0v) is 22.2. The van der Waals surface area contributed by atoms with Crippen molar-refractivity contribution in [1.82, 2.24) is 15.5 Å². The minimum Gasteiger partial charge on any atom is -0.457 e. The van der Waals surface area contributed by atoms with Gasteiger partial charge in [0.2, 0.25) is 11.8 Å². The number of benzene rings is 3. The normalized spacial score (nSPS) is 23.1. The fourth-order valence-corrected chi connectivity index (χ4v) is 6.64. The van der Waals surface area contributed by atoms with Crippen LogP contribution in [0.15, 0.2) is 72.8 Å². The Morgan fingerprint density at radius 3 is 2.11 bits per heavy atom. The van der Waals surface area contributed by atoms with Gasteiger partial charge in [0, 0.05) is 40.8 Å². The molecule has 7 heteroatoms. The minimum atomic E-state index is -0.960. The molecule has 2 amide bonds. The second kappa shape index (κ2) is 10.1. The second-order valence-corrected chi connectivity index (χ2v) is 11.3. The summed E-state index contributed by atoms with van der Waals surface area (Å²) in [7, 11) is 0. The quantitative estimate of drug-likeness (QED) is 0.461. The number of carbonyl (C=O) groups is 2. The van der Waals surface area contributed by atoms with Crippen molar-refractivity contribution < 1.29 is 14.3 Å². The van der Waals surface area contributed by atoms with E-state index in [1.165, 1.54) is 5.56 Å². The maximum Gasteiger partial charge on any atom is 0.239 e. The number of carbonyl (C=O) groups excluding carboxylic acids is 2.